The highest BCUT2D eigenvalue weighted by molar-refractivity contribution is 5.88. The van der Waals surface area contributed by atoms with Crippen LogP contribution in [0.25, 0.3) is 11.0 Å². The maximum atomic E-state index is 11.9. The number of amides is 1. The topological polar surface area (TPSA) is 54.3 Å². The SMILES string of the molecule is CNC(C)CNC(=O)Cc1coc2cc(C)c(C)cc12.Cl. The first kappa shape index (κ1) is 17.5. The molecule has 0 bridgehead atoms. The minimum absolute atomic E-state index is 0. The van der Waals surface area contributed by atoms with Crippen LogP contribution in [0.3, 0.4) is 0 Å². The van der Waals surface area contributed by atoms with Crippen molar-refractivity contribution in [2.45, 2.75) is 33.2 Å². The third-order valence-corrected chi connectivity index (χ3v) is 3.72. The van der Waals surface area contributed by atoms with Gasteiger partial charge in [-0.25, -0.2) is 0 Å². The van der Waals surface area contributed by atoms with Crippen molar-refractivity contribution in [3.8, 4) is 0 Å². The fourth-order valence-corrected chi connectivity index (χ4v) is 2.08. The van der Waals surface area contributed by atoms with Gasteiger partial charge in [0.2, 0.25) is 5.91 Å². The number of likely N-dealkylation sites (N-methyl/N-ethyl adjacent to an activating group) is 1. The monoisotopic (exact) mass is 310 g/mol. The van der Waals surface area contributed by atoms with E-state index in [2.05, 4.69) is 30.5 Å². The summed E-state index contributed by atoms with van der Waals surface area (Å²) in [6.07, 6.45) is 2.04. The molecule has 0 aliphatic carbocycles. The fraction of sp³-hybridized carbons (Fsp3) is 0.438. The highest BCUT2D eigenvalue weighted by Gasteiger charge is 2.12. The highest BCUT2D eigenvalue weighted by atomic mass is 35.5. The van der Waals surface area contributed by atoms with Crippen LogP contribution in [0.15, 0.2) is 22.8 Å². The standard InChI is InChI=1S/C16H22N2O2.ClH/c1-10-5-14-13(9-20-15(14)6-11(10)2)7-16(19)18-8-12(3)17-4;/h5-6,9,12,17H,7-8H2,1-4H3,(H,18,19);1H. The van der Waals surface area contributed by atoms with Crippen LogP contribution >= 0.6 is 12.4 Å². The molecule has 21 heavy (non-hydrogen) atoms. The van der Waals surface area contributed by atoms with Crippen molar-refractivity contribution in [2.75, 3.05) is 13.6 Å². The number of aryl methyl sites for hydroxylation is 2. The van der Waals surface area contributed by atoms with Crippen LogP contribution in [0.4, 0.5) is 0 Å². The molecule has 0 aliphatic rings. The number of hydrogen-bond donors (Lipinski definition) is 2. The lowest BCUT2D eigenvalue weighted by atomic mass is 10.0. The number of rotatable bonds is 5. The smallest absolute Gasteiger partial charge is 0.224 e. The van der Waals surface area contributed by atoms with Crippen molar-refractivity contribution in [3.05, 3.63) is 35.1 Å². The van der Waals surface area contributed by atoms with Crippen molar-refractivity contribution in [1.82, 2.24) is 10.6 Å². The minimum atomic E-state index is 0. The van der Waals surface area contributed by atoms with Gasteiger partial charge in [0.05, 0.1) is 12.7 Å². The Labute approximate surface area is 131 Å². The molecule has 0 radical (unpaired) electrons. The Kier molecular flexibility index (Phi) is 6.24. The van der Waals surface area contributed by atoms with Crippen molar-refractivity contribution in [3.63, 3.8) is 0 Å². The summed E-state index contributed by atoms with van der Waals surface area (Å²) in [6, 6.07) is 4.38. The zero-order valence-electron chi connectivity index (χ0n) is 12.9. The molecule has 4 nitrogen and oxygen atoms in total. The van der Waals surface area contributed by atoms with E-state index in [0.717, 1.165) is 16.5 Å². The maximum Gasteiger partial charge on any atom is 0.224 e. The molecule has 1 aromatic carbocycles. The number of carbonyl (C=O) groups excluding carboxylic acids is 1. The van der Waals surface area contributed by atoms with Gasteiger partial charge in [-0.2, -0.15) is 0 Å². The average Bonchev–Trinajstić information content (AvgIpc) is 2.79. The van der Waals surface area contributed by atoms with Crippen LogP contribution < -0.4 is 10.6 Å². The summed E-state index contributed by atoms with van der Waals surface area (Å²) in [5, 5.41) is 7.04. The molecule has 1 aromatic heterocycles. The molecule has 2 N–H and O–H groups in total. The van der Waals surface area contributed by atoms with E-state index < -0.39 is 0 Å². The second-order valence-electron chi connectivity index (χ2n) is 5.36. The first-order chi connectivity index (χ1) is 9.51. The molecule has 0 fully saturated rings. The second kappa shape index (κ2) is 7.48. The number of fused-ring (bicyclic) bond motifs is 1. The molecule has 0 saturated carbocycles. The van der Waals surface area contributed by atoms with Crippen LogP contribution in [0.1, 0.15) is 23.6 Å². The largest absolute Gasteiger partial charge is 0.464 e. The summed E-state index contributed by atoms with van der Waals surface area (Å²) in [6.45, 7) is 6.78. The summed E-state index contributed by atoms with van der Waals surface area (Å²) >= 11 is 0. The van der Waals surface area contributed by atoms with Gasteiger partial charge in [0.25, 0.3) is 0 Å². The lowest BCUT2D eigenvalue weighted by Crippen LogP contribution is -2.37. The number of furan rings is 1. The molecule has 1 heterocycles. The zero-order chi connectivity index (χ0) is 14.7. The Morgan fingerprint density at radius 2 is 1.95 bits per heavy atom. The average molecular weight is 311 g/mol. The highest BCUT2D eigenvalue weighted by Crippen LogP contribution is 2.25. The molecule has 1 unspecified atom stereocenters. The Morgan fingerprint density at radius 3 is 2.62 bits per heavy atom. The summed E-state index contributed by atoms with van der Waals surface area (Å²) in [7, 11) is 1.88. The summed E-state index contributed by atoms with van der Waals surface area (Å²) in [5.41, 5.74) is 4.20. The van der Waals surface area contributed by atoms with Gasteiger partial charge >= 0.3 is 0 Å². The minimum Gasteiger partial charge on any atom is -0.464 e. The lowest BCUT2D eigenvalue weighted by Gasteiger charge is -2.11. The van der Waals surface area contributed by atoms with Gasteiger partial charge in [-0.3, -0.25) is 4.79 Å². The van der Waals surface area contributed by atoms with E-state index in [9.17, 15) is 4.79 Å². The molecule has 0 saturated heterocycles. The summed E-state index contributed by atoms with van der Waals surface area (Å²) in [4.78, 5) is 11.9. The molecule has 0 spiro atoms. The van der Waals surface area contributed by atoms with E-state index in [1.54, 1.807) is 6.26 Å². The second-order valence-corrected chi connectivity index (χ2v) is 5.36. The van der Waals surface area contributed by atoms with Gasteiger partial charge in [0, 0.05) is 23.5 Å². The van der Waals surface area contributed by atoms with Crippen LogP contribution in [0.2, 0.25) is 0 Å². The van der Waals surface area contributed by atoms with E-state index >= 15 is 0 Å². The predicted molar refractivity (Wildman–Crippen MR) is 88.2 cm³/mol. The van der Waals surface area contributed by atoms with Gasteiger partial charge in [-0.05, 0) is 51.1 Å². The summed E-state index contributed by atoms with van der Waals surface area (Å²) < 4.78 is 5.54. The number of nitrogens with one attached hydrogen (secondary N) is 2. The fourth-order valence-electron chi connectivity index (χ4n) is 2.08. The maximum absolute atomic E-state index is 11.9. The third-order valence-electron chi connectivity index (χ3n) is 3.72. The van der Waals surface area contributed by atoms with Crippen LogP contribution in [-0.4, -0.2) is 25.5 Å². The zero-order valence-corrected chi connectivity index (χ0v) is 13.8. The lowest BCUT2D eigenvalue weighted by molar-refractivity contribution is -0.120. The van der Waals surface area contributed by atoms with Crippen LogP contribution in [0.5, 0.6) is 0 Å². The Balaban J connectivity index is 0.00000220. The number of carbonyl (C=O) groups is 1. The third kappa shape index (κ3) is 4.22. The van der Waals surface area contributed by atoms with Crippen molar-refractivity contribution < 1.29 is 9.21 Å². The Hall–Kier alpha value is -1.52. The van der Waals surface area contributed by atoms with Gasteiger partial charge in [0.15, 0.2) is 0 Å². The van der Waals surface area contributed by atoms with Gasteiger partial charge in [-0.15, -0.1) is 12.4 Å². The Bertz CT molecular complexity index is 622. The first-order valence-corrected chi connectivity index (χ1v) is 6.92. The van der Waals surface area contributed by atoms with E-state index in [1.165, 1.54) is 11.1 Å². The van der Waals surface area contributed by atoms with Crippen LogP contribution in [0, 0.1) is 13.8 Å². The summed E-state index contributed by atoms with van der Waals surface area (Å²) in [5.74, 6) is 0.0213. The molecule has 1 amide bonds. The first-order valence-electron chi connectivity index (χ1n) is 6.92. The number of benzene rings is 1. The van der Waals surface area contributed by atoms with E-state index in [-0.39, 0.29) is 24.4 Å². The normalized spacial score (nSPS) is 12.0. The van der Waals surface area contributed by atoms with Crippen LogP contribution in [-0.2, 0) is 11.2 Å². The molecular formula is C16H23ClN2O2. The molecule has 116 valence electrons. The van der Waals surface area contributed by atoms with Crippen molar-refractivity contribution >= 4 is 29.3 Å². The Morgan fingerprint density at radius 1 is 1.29 bits per heavy atom. The van der Waals surface area contributed by atoms with E-state index in [1.807, 2.05) is 20.0 Å². The molecule has 2 rings (SSSR count). The molecule has 0 aliphatic heterocycles. The van der Waals surface area contributed by atoms with Gasteiger partial charge < -0.3 is 15.1 Å². The molecule has 5 heteroatoms. The quantitative estimate of drug-likeness (QED) is 0.893. The molecule has 1 atom stereocenters. The van der Waals surface area contributed by atoms with Crippen molar-refractivity contribution in [2.24, 2.45) is 0 Å². The van der Waals surface area contributed by atoms with E-state index in [0.29, 0.717) is 13.0 Å². The molecular weight excluding hydrogens is 288 g/mol. The number of hydrogen-bond acceptors (Lipinski definition) is 3. The van der Waals surface area contributed by atoms with Crippen molar-refractivity contribution in [1.29, 1.82) is 0 Å². The number of halogens is 1. The predicted octanol–water partition coefficient (Wildman–Crippen LogP) is 2.74. The van der Waals surface area contributed by atoms with Gasteiger partial charge in [-0.1, -0.05) is 0 Å². The molecule has 2 aromatic rings. The van der Waals surface area contributed by atoms with E-state index in [4.69, 9.17) is 4.42 Å². The van der Waals surface area contributed by atoms with Gasteiger partial charge in [0.1, 0.15) is 5.58 Å².